The summed E-state index contributed by atoms with van der Waals surface area (Å²) in [7, 11) is 0. The Labute approximate surface area is 88.0 Å². The SMILES string of the molecule is CCOC(=O)C(C)CCCCC(C)C. The van der Waals surface area contributed by atoms with Crippen LogP contribution in [0.4, 0.5) is 0 Å². The molecule has 0 N–H and O–H groups in total. The molecule has 0 saturated carbocycles. The van der Waals surface area contributed by atoms with Crippen LogP contribution in [0.3, 0.4) is 0 Å². The molecule has 0 heterocycles. The summed E-state index contributed by atoms with van der Waals surface area (Å²) in [5.41, 5.74) is 0. The molecular weight excluding hydrogens is 176 g/mol. The molecule has 0 saturated heterocycles. The van der Waals surface area contributed by atoms with E-state index in [2.05, 4.69) is 13.8 Å². The van der Waals surface area contributed by atoms with E-state index < -0.39 is 0 Å². The molecule has 0 aromatic rings. The second-order valence-electron chi connectivity index (χ2n) is 4.33. The fraction of sp³-hybridized carbons (Fsp3) is 0.917. The van der Waals surface area contributed by atoms with E-state index in [1.807, 2.05) is 13.8 Å². The Morgan fingerprint density at radius 1 is 1.14 bits per heavy atom. The van der Waals surface area contributed by atoms with Crippen molar-refractivity contribution >= 4 is 5.97 Å². The van der Waals surface area contributed by atoms with Gasteiger partial charge in [-0.3, -0.25) is 4.79 Å². The van der Waals surface area contributed by atoms with Gasteiger partial charge >= 0.3 is 5.97 Å². The molecule has 0 fully saturated rings. The molecule has 14 heavy (non-hydrogen) atoms. The van der Waals surface area contributed by atoms with Crippen molar-refractivity contribution in [3.05, 3.63) is 0 Å². The molecule has 0 aliphatic carbocycles. The first-order valence-electron chi connectivity index (χ1n) is 5.74. The number of carbonyl (C=O) groups excluding carboxylic acids is 1. The Bertz CT molecular complexity index is 152. The van der Waals surface area contributed by atoms with Crippen molar-refractivity contribution in [2.75, 3.05) is 6.61 Å². The van der Waals surface area contributed by atoms with Gasteiger partial charge in [0.05, 0.1) is 12.5 Å². The van der Waals surface area contributed by atoms with E-state index in [1.54, 1.807) is 0 Å². The molecule has 1 unspecified atom stereocenters. The molecule has 0 spiro atoms. The molecule has 1 atom stereocenters. The minimum atomic E-state index is -0.0444. The van der Waals surface area contributed by atoms with Crippen LogP contribution in [0.5, 0.6) is 0 Å². The molecule has 0 radical (unpaired) electrons. The number of carbonyl (C=O) groups is 1. The highest BCUT2D eigenvalue weighted by Crippen LogP contribution is 2.13. The summed E-state index contributed by atoms with van der Waals surface area (Å²) in [6, 6.07) is 0. The number of esters is 1. The Balaban J connectivity index is 3.43. The van der Waals surface area contributed by atoms with Gasteiger partial charge in [-0.2, -0.15) is 0 Å². The van der Waals surface area contributed by atoms with Crippen molar-refractivity contribution in [2.24, 2.45) is 11.8 Å². The van der Waals surface area contributed by atoms with Crippen LogP contribution in [-0.2, 0) is 9.53 Å². The van der Waals surface area contributed by atoms with Crippen LogP contribution in [0.2, 0.25) is 0 Å². The van der Waals surface area contributed by atoms with Crippen LogP contribution in [-0.4, -0.2) is 12.6 Å². The smallest absolute Gasteiger partial charge is 0.308 e. The lowest BCUT2D eigenvalue weighted by atomic mass is 10.00. The summed E-state index contributed by atoms with van der Waals surface area (Å²) in [4.78, 5) is 11.2. The van der Waals surface area contributed by atoms with Gasteiger partial charge in [-0.05, 0) is 19.3 Å². The van der Waals surface area contributed by atoms with E-state index in [0.29, 0.717) is 6.61 Å². The monoisotopic (exact) mass is 200 g/mol. The maximum Gasteiger partial charge on any atom is 0.308 e. The molecule has 2 heteroatoms. The average molecular weight is 200 g/mol. The number of ether oxygens (including phenoxy) is 1. The first kappa shape index (κ1) is 13.5. The van der Waals surface area contributed by atoms with E-state index in [4.69, 9.17) is 4.74 Å². The molecule has 0 aliphatic heterocycles. The summed E-state index contributed by atoms with van der Waals surface area (Å²) in [5, 5.41) is 0. The summed E-state index contributed by atoms with van der Waals surface area (Å²) in [6.45, 7) is 8.76. The van der Waals surface area contributed by atoms with Crippen molar-refractivity contribution in [1.82, 2.24) is 0 Å². The predicted molar refractivity (Wildman–Crippen MR) is 59.1 cm³/mol. The van der Waals surface area contributed by atoms with Crippen LogP contribution in [0.25, 0.3) is 0 Å². The zero-order valence-corrected chi connectivity index (χ0v) is 10.0. The minimum absolute atomic E-state index is 0.0444. The number of hydrogen-bond donors (Lipinski definition) is 0. The van der Waals surface area contributed by atoms with E-state index in [-0.39, 0.29) is 11.9 Å². The van der Waals surface area contributed by atoms with Crippen molar-refractivity contribution in [1.29, 1.82) is 0 Å². The van der Waals surface area contributed by atoms with Gasteiger partial charge in [0.15, 0.2) is 0 Å². The topological polar surface area (TPSA) is 26.3 Å². The van der Waals surface area contributed by atoms with Crippen LogP contribution in [0, 0.1) is 11.8 Å². The quantitative estimate of drug-likeness (QED) is 0.465. The van der Waals surface area contributed by atoms with Crippen molar-refractivity contribution in [2.45, 2.75) is 53.4 Å². The van der Waals surface area contributed by atoms with Gasteiger partial charge < -0.3 is 4.74 Å². The standard InChI is InChI=1S/C12H24O2/c1-5-14-12(13)11(4)9-7-6-8-10(2)3/h10-11H,5-9H2,1-4H3. The Morgan fingerprint density at radius 3 is 2.21 bits per heavy atom. The van der Waals surface area contributed by atoms with Crippen molar-refractivity contribution in [3.63, 3.8) is 0 Å². The highest BCUT2D eigenvalue weighted by molar-refractivity contribution is 5.71. The van der Waals surface area contributed by atoms with Gasteiger partial charge in [-0.1, -0.05) is 40.0 Å². The molecular formula is C12H24O2. The largest absolute Gasteiger partial charge is 0.466 e. The van der Waals surface area contributed by atoms with E-state index >= 15 is 0 Å². The van der Waals surface area contributed by atoms with Gasteiger partial charge in [0.1, 0.15) is 0 Å². The Kier molecular flexibility index (Phi) is 7.54. The second kappa shape index (κ2) is 7.84. The van der Waals surface area contributed by atoms with Gasteiger partial charge in [0, 0.05) is 0 Å². The first-order chi connectivity index (χ1) is 6.57. The van der Waals surface area contributed by atoms with Crippen molar-refractivity contribution in [3.8, 4) is 0 Å². The average Bonchev–Trinajstić information content (AvgIpc) is 2.12. The van der Waals surface area contributed by atoms with Gasteiger partial charge in [-0.15, -0.1) is 0 Å². The number of hydrogen-bond acceptors (Lipinski definition) is 2. The minimum Gasteiger partial charge on any atom is -0.466 e. The predicted octanol–water partition coefficient (Wildman–Crippen LogP) is 3.40. The van der Waals surface area contributed by atoms with Gasteiger partial charge in [0.2, 0.25) is 0 Å². The Hall–Kier alpha value is -0.530. The highest BCUT2D eigenvalue weighted by atomic mass is 16.5. The zero-order chi connectivity index (χ0) is 11.0. The van der Waals surface area contributed by atoms with E-state index in [0.717, 1.165) is 18.8 Å². The fourth-order valence-corrected chi connectivity index (χ4v) is 1.41. The first-order valence-corrected chi connectivity index (χ1v) is 5.74. The molecule has 0 aromatic heterocycles. The van der Waals surface area contributed by atoms with E-state index in [1.165, 1.54) is 12.8 Å². The van der Waals surface area contributed by atoms with Gasteiger partial charge in [0.25, 0.3) is 0 Å². The third-order valence-electron chi connectivity index (χ3n) is 2.36. The Morgan fingerprint density at radius 2 is 1.71 bits per heavy atom. The second-order valence-corrected chi connectivity index (χ2v) is 4.33. The fourth-order valence-electron chi connectivity index (χ4n) is 1.41. The van der Waals surface area contributed by atoms with Crippen LogP contribution in [0.15, 0.2) is 0 Å². The lowest BCUT2D eigenvalue weighted by Crippen LogP contribution is -2.14. The lowest BCUT2D eigenvalue weighted by Gasteiger charge is -2.10. The molecule has 0 aromatic carbocycles. The van der Waals surface area contributed by atoms with Gasteiger partial charge in [-0.25, -0.2) is 0 Å². The highest BCUT2D eigenvalue weighted by Gasteiger charge is 2.12. The summed E-state index contributed by atoms with van der Waals surface area (Å²) >= 11 is 0. The normalized spacial score (nSPS) is 12.9. The van der Waals surface area contributed by atoms with Crippen LogP contribution < -0.4 is 0 Å². The molecule has 0 bridgehead atoms. The summed E-state index contributed by atoms with van der Waals surface area (Å²) in [6.07, 6.45) is 4.58. The zero-order valence-electron chi connectivity index (χ0n) is 10.0. The third kappa shape index (κ3) is 6.93. The number of rotatable bonds is 7. The summed E-state index contributed by atoms with van der Waals surface area (Å²) in [5.74, 6) is 0.798. The third-order valence-corrected chi connectivity index (χ3v) is 2.36. The van der Waals surface area contributed by atoms with E-state index in [9.17, 15) is 4.79 Å². The molecule has 0 aliphatic rings. The van der Waals surface area contributed by atoms with Crippen molar-refractivity contribution < 1.29 is 9.53 Å². The summed E-state index contributed by atoms with van der Waals surface area (Å²) < 4.78 is 4.94. The number of unbranched alkanes of at least 4 members (excludes halogenated alkanes) is 1. The molecule has 0 rings (SSSR count). The van der Waals surface area contributed by atoms with Crippen LogP contribution >= 0.6 is 0 Å². The van der Waals surface area contributed by atoms with Crippen LogP contribution in [0.1, 0.15) is 53.4 Å². The molecule has 84 valence electrons. The maximum absolute atomic E-state index is 11.2. The molecule has 0 amide bonds. The molecule has 2 nitrogen and oxygen atoms in total. The maximum atomic E-state index is 11.2. The lowest BCUT2D eigenvalue weighted by molar-refractivity contribution is -0.147.